The molecule has 5 nitrogen and oxygen atoms in total. The van der Waals surface area contributed by atoms with Gasteiger partial charge < -0.3 is 14.7 Å². The van der Waals surface area contributed by atoms with Gasteiger partial charge in [0.1, 0.15) is 18.4 Å². The SMILES string of the molecule is CCOC(=O)C1=C(c2ccccc2)c2ccc(OCCC34CC5CC(CC(C5)C3)C4)cc2/C1=[N+](/C)[O-]. The molecule has 0 radical (unpaired) electrons. The van der Waals surface area contributed by atoms with E-state index in [1.54, 1.807) is 6.92 Å². The van der Waals surface area contributed by atoms with Crippen molar-refractivity contribution in [1.29, 1.82) is 0 Å². The first-order valence-corrected chi connectivity index (χ1v) is 13.5. The van der Waals surface area contributed by atoms with E-state index in [1.165, 1.54) is 45.6 Å². The Morgan fingerprint density at radius 1 is 1.00 bits per heavy atom. The Kier molecular flexibility index (Phi) is 5.89. The molecule has 2 aromatic carbocycles. The Labute approximate surface area is 213 Å². The molecule has 0 atom stereocenters. The third kappa shape index (κ3) is 4.03. The van der Waals surface area contributed by atoms with Crippen molar-refractivity contribution in [1.82, 2.24) is 0 Å². The number of carbonyl (C=O) groups excluding carboxylic acids is 1. The predicted molar refractivity (Wildman–Crippen MR) is 140 cm³/mol. The number of hydrogen-bond acceptors (Lipinski definition) is 4. The molecule has 2 aromatic rings. The summed E-state index contributed by atoms with van der Waals surface area (Å²) in [5.74, 6) is 3.07. The first-order chi connectivity index (χ1) is 17.5. The van der Waals surface area contributed by atoms with Crippen LogP contribution in [-0.4, -0.2) is 36.7 Å². The van der Waals surface area contributed by atoms with Gasteiger partial charge in [0.05, 0.1) is 18.8 Å². The van der Waals surface area contributed by atoms with Crippen molar-refractivity contribution < 1.29 is 19.0 Å². The molecule has 5 aliphatic rings. The van der Waals surface area contributed by atoms with Crippen LogP contribution in [0.5, 0.6) is 5.75 Å². The summed E-state index contributed by atoms with van der Waals surface area (Å²) < 4.78 is 12.5. The minimum absolute atomic E-state index is 0.245. The zero-order valence-corrected chi connectivity index (χ0v) is 21.3. The van der Waals surface area contributed by atoms with Crippen LogP contribution in [0.3, 0.4) is 0 Å². The summed E-state index contributed by atoms with van der Waals surface area (Å²) in [7, 11) is 1.44. The van der Waals surface area contributed by atoms with Gasteiger partial charge in [0.15, 0.2) is 0 Å². The van der Waals surface area contributed by atoms with Crippen LogP contribution in [0.1, 0.15) is 68.6 Å². The van der Waals surface area contributed by atoms with Gasteiger partial charge in [-0.05, 0) is 104 Å². The van der Waals surface area contributed by atoms with Crippen molar-refractivity contribution in [3.63, 3.8) is 0 Å². The highest BCUT2D eigenvalue weighted by Crippen LogP contribution is 2.61. The molecule has 36 heavy (non-hydrogen) atoms. The van der Waals surface area contributed by atoms with Crippen LogP contribution >= 0.6 is 0 Å². The van der Waals surface area contributed by atoms with E-state index in [1.807, 2.05) is 48.5 Å². The van der Waals surface area contributed by atoms with Crippen LogP contribution in [0.4, 0.5) is 0 Å². The van der Waals surface area contributed by atoms with E-state index < -0.39 is 5.97 Å². The van der Waals surface area contributed by atoms with Gasteiger partial charge in [-0.3, -0.25) is 0 Å². The average Bonchev–Trinajstić information content (AvgIpc) is 3.19. The van der Waals surface area contributed by atoms with Crippen molar-refractivity contribution in [2.24, 2.45) is 23.2 Å². The molecule has 4 bridgehead atoms. The number of carbonyl (C=O) groups is 1. The topological polar surface area (TPSA) is 61.6 Å². The highest BCUT2D eigenvalue weighted by atomic mass is 16.5. The normalized spacial score (nSPS) is 29.3. The number of esters is 1. The lowest BCUT2D eigenvalue weighted by molar-refractivity contribution is -0.421. The zero-order valence-electron chi connectivity index (χ0n) is 21.3. The highest BCUT2D eigenvalue weighted by molar-refractivity contribution is 6.35. The van der Waals surface area contributed by atoms with Crippen LogP contribution in [0.25, 0.3) is 5.57 Å². The fraction of sp³-hybridized carbons (Fsp3) is 0.484. The molecule has 0 unspecified atom stereocenters. The standard InChI is InChI=1S/C31H35NO4/c1-3-35-30(33)28-27(23-7-5-4-6-8-23)25-10-9-24(16-26(25)29(28)32(2)34)36-12-11-31-17-20-13-21(18-31)15-22(14-20)19-31/h4-10,16,20-22H,3,11-15,17-19H2,1-2H3/b32-29+. The molecule has 5 aliphatic carbocycles. The Morgan fingerprint density at radius 3 is 2.28 bits per heavy atom. The maximum Gasteiger partial charge on any atom is 0.345 e. The maximum absolute atomic E-state index is 13.1. The van der Waals surface area contributed by atoms with Gasteiger partial charge in [-0.15, -0.1) is 0 Å². The van der Waals surface area contributed by atoms with Crippen molar-refractivity contribution in [2.75, 3.05) is 20.3 Å². The molecule has 4 saturated carbocycles. The molecule has 188 valence electrons. The van der Waals surface area contributed by atoms with E-state index in [9.17, 15) is 10.0 Å². The van der Waals surface area contributed by atoms with Crippen molar-refractivity contribution in [3.05, 3.63) is 76.0 Å². The van der Waals surface area contributed by atoms with E-state index >= 15 is 0 Å². The third-order valence-electron chi connectivity index (χ3n) is 8.93. The fourth-order valence-corrected chi connectivity index (χ4v) is 8.03. The second-order valence-corrected chi connectivity index (χ2v) is 11.4. The number of ether oxygens (including phenoxy) is 2. The van der Waals surface area contributed by atoms with Crippen LogP contribution in [0.15, 0.2) is 54.1 Å². The first-order valence-electron chi connectivity index (χ1n) is 13.5. The molecule has 0 heterocycles. The van der Waals surface area contributed by atoms with Crippen molar-refractivity contribution in [2.45, 2.75) is 51.9 Å². The van der Waals surface area contributed by atoms with Gasteiger partial charge in [-0.2, -0.15) is 0 Å². The van der Waals surface area contributed by atoms with E-state index in [0.717, 1.165) is 56.9 Å². The van der Waals surface area contributed by atoms with Crippen LogP contribution in [0.2, 0.25) is 0 Å². The van der Waals surface area contributed by atoms with E-state index in [0.29, 0.717) is 23.3 Å². The molecule has 0 spiro atoms. The lowest BCUT2D eigenvalue weighted by Gasteiger charge is -2.57. The lowest BCUT2D eigenvalue weighted by atomic mass is 9.49. The third-order valence-corrected chi connectivity index (χ3v) is 8.93. The quantitative estimate of drug-likeness (QED) is 0.209. The van der Waals surface area contributed by atoms with Crippen molar-refractivity contribution >= 4 is 17.3 Å². The van der Waals surface area contributed by atoms with Crippen LogP contribution in [-0.2, 0) is 9.53 Å². The second kappa shape index (κ2) is 9.10. The second-order valence-electron chi connectivity index (χ2n) is 11.4. The monoisotopic (exact) mass is 485 g/mol. The lowest BCUT2D eigenvalue weighted by Crippen LogP contribution is -2.46. The minimum Gasteiger partial charge on any atom is -0.624 e. The molecule has 0 aromatic heterocycles. The van der Waals surface area contributed by atoms with E-state index in [2.05, 4.69) is 0 Å². The molecular formula is C31H35NO4. The number of rotatable bonds is 7. The van der Waals surface area contributed by atoms with Crippen molar-refractivity contribution in [3.8, 4) is 5.75 Å². The summed E-state index contributed by atoms with van der Waals surface area (Å²) in [6.07, 6.45) is 9.58. The number of fused-ring (bicyclic) bond motifs is 1. The first kappa shape index (κ1) is 23.3. The number of benzene rings is 2. The van der Waals surface area contributed by atoms with Crippen LogP contribution < -0.4 is 4.74 Å². The van der Waals surface area contributed by atoms with Gasteiger partial charge in [0.25, 0.3) is 0 Å². The molecule has 5 heteroatoms. The van der Waals surface area contributed by atoms with Crippen LogP contribution in [0, 0.1) is 28.4 Å². The zero-order chi connectivity index (χ0) is 24.9. The van der Waals surface area contributed by atoms with Gasteiger partial charge in [-0.25, -0.2) is 9.53 Å². The van der Waals surface area contributed by atoms with Gasteiger partial charge in [-0.1, -0.05) is 30.3 Å². The Morgan fingerprint density at radius 2 is 1.67 bits per heavy atom. The van der Waals surface area contributed by atoms with Gasteiger partial charge >= 0.3 is 5.97 Å². The fourth-order valence-electron chi connectivity index (χ4n) is 8.03. The average molecular weight is 486 g/mol. The Balaban J connectivity index is 1.28. The smallest absolute Gasteiger partial charge is 0.345 e. The molecule has 4 fully saturated rings. The largest absolute Gasteiger partial charge is 0.624 e. The molecule has 0 saturated heterocycles. The molecule has 0 N–H and O–H groups in total. The minimum atomic E-state index is -0.477. The van der Waals surface area contributed by atoms with Gasteiger partial charge in [0, 0.05) is 5.57 Å². The van der Waals surface area contributed by atoms with Gasteiger partial charge in [0.2, 0.25) is 5.71 Å². The molecule has 0 amide bonds. The molecule has 0 aliphatic heterocycles. The summed E-state index contributed by atoms with van der Waals surface area (Å²) >= 11 is 0. The molecule has 7 rings (SSSR count). The van der Waals surface area contributed by atoms with E-state index in [4.69, 9.17) is 9.47 Å². The number of nitrogens with zero attached hydrogens (tertiary/aromatic N) is 1. The highest BCUT2D eigenvalue weighted by Gasteiger charge is 2.50. The maximum atomic E-state index is 13.1. The predicted octanol–water partition coefficient (Wildman–Crippen LogP) is 5.98. The molecular weight excluding hydrogens is 450 g/mol. The Hall–Kier alpha value is -3.08. The summed E-state index contributed by atoms with van der Waals surface area (Å²) in [6, 6.07) is 15.6. The summed E-state index contributed by atoms with van der Waals surface area (Å²) in [5, 5.41) is 12.8. The number of hydrogen-bond donors (Lipinski definition) is 0. The summed E-state index contributed by atoms with van der Waals surface area (Å²) in [5.41, 5.74) is 4.33. The van der Waals surface area contributed by atoms with E-state index in [-0.39, 0.29) is 6.61 Å². The summed E-state index contributed by atoms with van der Waals surface area (Å²) in [6.45, 7) is 2.71. The Bertz CT molecular complexity index is 1200. The number of hydroxylamine groups is 1. The summed E-state index contributed by atoms with van der Waals surface area (Å²) in [4.78, 5) is 13.1.